The van der Waals surface area contributed by atoms with Crippen LogP contribution in [-0.4, -0.2) is 12.6 Å². The second-order valence-electron chi connectivity index (χ2n) is 5.13. The van der Waals surface area contributed by atoms with Gasteiger partial charge in [-0.15, -0.1) is 0 Å². The molecule has 0 bridgehead atoms. The molecule has 0 aliphatic heterocycles. The van der Waals surface area contributed by atoms with E-state index in [2.05, 4.69) is 28.2 Å². The lowest BCUT2D eigenvalue weighted by molar-refractivity contribution is 0.444. The predicted octanol–water partition coefficient (Wildman–Crippen LogP) is 5.22. The van der Waals surface area contributed by atoms with Crippen molar-refractivity contribution in [3.63, 3.8) is 0 Å². The molecule has 0 heterocycles. The summed E-state index contributed by atoms with van der Waals surface area (Å²) in [6, 6.07) is 2.87. The molecule has 0 aliphatic rings. The molecule has 0 saturated carbocycles. The lowest BCUT2D eigenvalue weighted by Gasteiger charge is -2.19. The molecular weight excluding hydrogens is 324 g/mol. The van der Waals surface area contributed by atoms with Crippen molar-refractivity contribution in [1.82, 2.24) is 5.32 Å². The van der Waals surface area contributed by atoms with E-state index in [9.17, 15) is 8.78 Å². The summed E-state index contributed by atoms with van der Waals surface area (Å²) in [6.07, 6.45) is 6.06. The molecule has 1 unspecified atom stereocenters. The number of unbranched alkanes of at least 4 members (excludes halogenated alkanes) is 3. The fourth-order valence-electron chi connectivity index (χ4n) is 2.39. The molecule has 1 N–H and O–H groups in total. The Kier molecular flexibility index (Phi) is 8.31. The molecule has 114 valence electrons. The number of halogens is 3. The lowest BCUT2D eigenvalue weighted by Crippen LogP contribution is -2.31. The minimum Gasteiger partial charge on any atom is -0.314 e. The summed E-state index contributed by atoms with van der Waals surface area (Å²) in [7, 11) is 0. The van der Waals surface area contributed by atoms with Crippen LogP contribution in [0.5, 0.6) is 0 Å². The summed E-state index contributed by atoms with van der Waals surface area (Å²) in [4.78, 5) is 0. The highest BCUT2D eigenvalue weighted by atomic mass is 79.9. The van der Waals surface area contributed by atoms with Gasteiger partial charge in [0.05, 0.1) is 4.47 Å². The van der Waals surface area contributed by atoms with Crippen LogP contribution in [0.2, 0.25) is 0 Å². The van der Waals surface area contributed by atoms with Crippen molar-refractivity contribution < 1.29 is 8.78 Å². The maximum Gasteiger partial charge on any atom is 0.143 e. The molecule has 0 saturated heterocycles. The Morgan fingerprint density at radius 3 is 2.55 bits per heavy atom. The fourth-order valence-corrected chi connectivity index (χ4v) is 2.76. The van der Waals surface area contributed by atoms with E-state index in [-0.39, 0.29) is 11.6 Å². The first-order valence-corrected chi connectivity index (χ1v) is 8.25. The van der Waals surface area contributed by atoms with Crippen LogP contribution in [0.15, 0.2) is 16.6 Å². The van der Waals surface area contributed by atoms with E-state index in [0.29, 0.717) is 10.9 Å². The van der Waals surface area contributed by atoms with Gasteiger partial charge in [0.15, 0.2) is 0 Å². The Bertz CT molecular complexity index is 410. The third-order valence-electron chi connectivity index (χ3n) is 3.49. The van der Waals surface area contributed by atoms with Crippen molar-refractivity contribution in [2.75, 3.05) is 6.54 Å². The van der Waals surface area contributed by atoms with Crippen molar-refractivity contribution in [2.45, 2.75) is 58.4 Å². The molecule has 1 nitrogen and oxygen atoms in total. The SMILES string of the molecule is CCCCCCC(Cc1c(F)ccc(Br)c1F)NCC. The number of hydrogen-bond donors (Lipinski definition) is 1. The molecule has 1 atom stereocenters. The first-order valence-electron chi connectivity index (χ1n) is 7.45. The van der Waals surface area contributed by atoms with Gasteiger partial charge in [-0.25, -0.2) is 8.78 Å². The molecule has 20 heavy (non-hydrogen) atoms. The normalized spacial score (nSPS) is 12.7. The second-order valence-corrected chi connectivity index (χ2v) is 5.98. The van der Waals surface area contributed by atoms with Crippen molar-refractivity contribution >= 4 is 15.9 Å². The Labute approximate surface area is 129 Å². The first kappa shape index (κ1) is 17.6. The van der Waals surface area contributed by atoms with E-state index in [4.69, 9.17) is 0 Å². The number of nitrogens with one attached hydrogen (secondary N) is 1. The van der Waals surface area contributed by atoms with Gasteiger partial charge in [-0.2, -0.15) is 0 Å². The van der Waals surface area contributed by atoms with E-state index in [1.54, 1.807) is 0 Å². The summed E-state index contributed by atoms with van der Waals surface area (Å²) in [5.74, 6) is -0.927. The van der Waals surface area contributed by atoms with Crippen molar-refractivity contribution in [3.8, 4) is 0 Å². The van der Waals surface area contributed by atoms with Crippen LogP contribution < -0.4 is 5.32 Å². The summed E-state index contributed by atoms with van der Waals surface area (Å²) in [5.41, 5.74) is 0.181. The van der Waals surface area contributed by atoms with Crippen molar-refractivity contribution in [2.24, 2.45) is 0 Å². The van der Waals surface area contributed by atoms with Crippen LogP contribution in [0.4, 0.5) is 8.78 Å². The minimum absolute atomic E-state index is 0.134. The zero-order valence-corrected chi connectivity index (χ0v) is 13.9. The minimum atomic E-state index is -0.471. The number of benzene rings is 1. The highest BCUT2D eigenvalue weighted by molar-refractivity contribution is 9.10. The number of rotatable bonds is 9. The van der Waals surface area contributed by atoms with E-state index in [0.717, 1.165) is 19.4 Å². The molecule has 0 fully saturated rings. The Morgan fingerprint density at radius 2 is 1.90 bits per heavy atom. The van der Waals surface area contributed by atoms with Crippen molar-refractivity contribution in [1.29, 1.82) is 0 Å². The van der Waals surface area contributed by atoms with Gasteiger partial charge in [0.2, 0.25) is 0 Å². The average Bonchev–Trinajstić information content (AvgIpc) is 2.43. The summed E-state index contributed by atoms with van der Waals surface area (Å²) >= 11 is 3.12. The van der Waals surface area contributed by atoms with Gasteiger partial charge in [-0.3, -0.25) is 0 Å². The van der Waals surface area contributed by atoms with Gasteiger partial charge in [0.1, 0.15) is 11.6 Å². The van der Waals surface area contributed by atoms with Crippen LogP contribution in [-0.2, 0) is 6.42 Å². The summed E-state index contributed by atoms with van der Waals surface area (Å²) < 4.78 is 28.1. The smallest absolute Gasteiger partial charge is 0.143 e. The molecule has 1 rings (SSSR count). The van der Waals surface area contributed by atoms with E-state index >= 15 is 0 Å². The average molecular weight is 348 g/mol. The van der Waals surface area contributed by atoms with E-state index in [1.807, 2.05) is 6.92 Å². The van der Waals surface area contributed by atoms with Gasteiger partial charge in [0, 0.05) is 11.6 Å². The Hall–Kier alpha value is -0.480. The lowest BCUT2D eigenvalue weighted by atomic mass is 9.99. The highest BCUT2D eigenvalue weighted by Crippen LogP contribution is 2.23. The molecule has 0 aromatic heterocycles. The van der Waals surface area contributed by atoms with Gasteiger partial charge < -0.3 is 5.32 Å². The standard InChI is InChI=1S/C16H24BrF2N/c1-3-5-6-7-8-12(20-4-2)11-13-15(18)10-9-14(17)16(13)19/h9-10,12,20H,3-8,11H2,1-2H3. The molecular formula is C16H24BrF2N. The quantitative estimate of drug-likeness (QED) is 0.477. The van der Waals surface area contributed by atoms with E-state index in [1.165, 1.54) is 31.4 Å². The molecule has 4 heteroatoms. The van der Waals surface area contributed by atoms with Gasteiger partial charge >= 0.3 is 0 Å². The van der Waals surface area contributed by atoms with E-state index < -0.39 is 11.6 Å². The largest absolute Gasteiger partial charge is 0.314 e. The molecule has 0 amide bonds. The van der Waals surface area contributed by atoms with Crippen LogP contribution in [0, 0.1) is 11.6 Å². The van der Waals surface area contributed by atoms with Crippen LogP contribution >= 0.6 is 15.9 Å². The first-order chi connectivity index (χ1) is 9.60. The number of likely N-dealkylation sites (N-methyl/N-ethyl adjacent to an activating group) is 1. The van der Waals surface area contributed by atoms with Crippen LogP contribution in [0.25, 0.3) is 0 Å². The second kappa shape index (κ2) is 9.46. The third kappa shape index (κ3) is 5.49. The summed E-state index contributed by atoms with van der Waals surface area (Å²) in [6.45, 7) is 5.01. The highest BCUT2D eigenvalue weighted by Gasteiger charge is 2.17. The molecule has 1 aromatic rings. The molecule has 0 spiro atoms. The van der Waals surface area contributed by atoms with Crippen LogP contribution in [0.1, 0.15) is 51.5 Å². The van der Waals surface area contributed by atoms with Crippen molar-refractivity contribution in [3.05, 3.63) is 33.8 Å². The van der Waals surface area contributed by atoms with Crippen LogP contribution in [0.3, 0.4) is 0 Å². The van der Waals surface area contributed by atoms with Gasteiger partial charge in [0.25, 0.3) is 0 Å². The Balaban J connectivity index is 2.67. The predicted molar refractivity (Wildman–Crippen MR) is 84.0 cm³/mol. The topological polar surface area (TPSA) is 12.0 Å². The van der Waals surface area contributed by atoms with Gasteiger partial charge in [-0.05, 0) is 47.4 Å². The molecule has 0 radical (unpaired) electrons. The monoisotopic (exact) mass is 347 g/mol. The molecule has 0 aliphatic carbocycles. The third-order valence-corrected chi connectivity index (χ3v) is 4.10. The zero-order valence-electron chi connectivity index (χ0n) is 12.3. The maximum absolute atomic E-state index is 14.0. The Morgan fingerprint density at radius 1 is 1.15 bits per heavy atom. The zero-order chi connectivity index (χ0) is 15.0. The summed E-state index contributed by atoms with van der Waals surface area (Å²) in [5, 5.41) is 3.33. The maximum atomic E-state index is 14.0. The number of hydrogen-bond acceptors (Lipinski definition) is 1. The molecule has 1 aromatic carbocycles. The fraction of sp³-hybridized carbons (Fsp3) is 0.625. The van der Waals surface area contributed by atoms with Gasteiger partial charge in [-0.1, -0.05) is 39.5 Å².